The van der Waals surface area contributed by atoms with E-state index in [1.165, 1.54) is 0 Å². The Labute approximate surface area is 185 Å². The first kappa shape index (κ1) is 21.5. The van der Waals surface area contributed by atoms with Crippen molar-refractivity contribution < 1.29 is 9.59 Å². The van der Waals surface area contributed by atoms with Crippen LogP contribution >= 0.6 is 0 Å². The van der Waals surface area contributed by atoms with E-state index in [0.717, 1.165) is 36.0 Å². The molecule has 1 aliphatic heterocycles. The van der Waals surface area contributed by atoms with Crippen molar-refractivity contribution in [1.82, 2.24) is 15.2 Å². The fraction of sp³-hybridized carbons (Fsp3) is 0.500. The first-order valence-electron chi connectivity index (χ1n) is 11.5. The Balaban J connectivity index is 1.62. The molecule has 0 spiro atoms. The maximum Gasteiger partial charge on any atom is 0.228 e. The Morgan fingerprint density at radius 1 is 1.16 bits per heavy atom. The molecule has 0 radical (unpaired) electrons. The molecule has 4 rings (SSSR count). The SMILES string of the molecule is CC(C)CNC(=O)C1(Cc2ccccc2-c2ccncc2)CCN(C(=O)C2CCC2)C1. The number of nitrogens with zero attached hydrogens (tertiary/aromatic N) is 2. The van der Waals surface area contributed by atoms with Crippen LogP contribution in [0.2, 0.25) is 0 Å². The van der Waals surface area contributed by atoms with Crippen molar-refractivity contribution in [3.8, 4) is 11.1 Å². The number of carbonyl (C=O) groups excluding carboxylic acids is 2. The van der Waals surface area contributed by atoms with Crippen LogP contribution in [0.3, 0.4) is 0 Å². The molecule has 5 nitrogen and oxygen atoms in total. The third-order valence-electron chi connectivity index (χ3n) is 6.81. The van der Waals surface area contributed by atoms with Gasteiger partial charge in [0.1, 0.15) is 0 Å². The Morgan fingerprint density at radius 2 is 1.90 bits per heavy atom. The minimum absolute atomic E-state index is 0.0784. The highest BCUT2D eigenvalue weighted by Crippen LogP contribution is 2.39. The summed E-state index contributed by atoms with van der Waals surface area (Å²) in [5, 5.41) is 3.17. The minimum Gasteiger partial charge on any atom is -0.355 e. The van der Waals surface area contributed by atoms with Crippen LogP contribution in [0.15, 0.2) is 48.8 Å². The third kappa shape index (κ3) is 4.65. The summed E-state index contributed by atoms with van der Waals surface area (Å²) in [6.07, 6.45) is 8.06. The van der Waals surface area contributed by atoms with Crippen LogP contribution < -0.4 is 5.32 Å². The standard InChI is InChI=1S/C26H33N3O2/c1-19(2)17-28-25(31)26(12-15-29(18-26)24(30)21-7-5-8-21)16-22-6-3-4-9-23(22)20-10-13-27-14-11-20/h3-4,6,9-11,13-14,19,21H,5,7-8,12,15-18H2,1-2H3,(H,28,31). The second-order valence-corrected chi connectivity index (χ2v) is 9.59. The molecule has 31 heavy (non-hydrogen) atoms. The highest BCUT2D eigenvalue weighted by atomic mass is 16.2. The van der Waals surface area contributed by atoms with E-state index in [4.69, 9.17) is 0 Å². The molecular formula is C26H33N3O2. The molecule has 1 atom stereocenters. The van der Waals surface area contributed by atoms with Gasteiger partial charge in [-0.25, -0.2) is 0 Å². The summed E-state index contributed by atoms with van der Waals surface area (Å²) < 4.78 is 0. The smallest absolute Gasteiger partial charge is 0.228 e. The number of hydrogen-bond acceptors (Lipinski definition) is 3. The predicted octanol–water partition coefficient (Wildman–Crippen LogP) is 4.08. The van der Waals surface area contributed by atoms with Gasteiger partial charge in [0, 0.05) is 37.9 Å². The van der Waals surface area contributed by atoms with Gasteiger partial charge in [-0.1, -0.05) is 44.5 Å². The lowest BCUT2D eigenvalue weighted by atomic mass is 9.78. The molecule has 0 bridgehead atoms. The molecule has 2 fully saturated rings. The van der Waals surface area contributed by atoms with Crippen molar-refractivity contribution in [2.45, 2.75) is 46.0 Å². The quantitative estimate of drug-likeness (QED) is 0.735. The lowest BCUT2D eigenvalue weighted by Crippen LogP contribution is -2.47. The zero-order valence-electron chi connectivity index (χ0n) is 18.6. The molecule has 1 aliphatic carbocycles. The summed E-state index contributed by atoms with van der Waals surface area (Å²) in [6.45, 7) is 6.04. The van der Waals surface area contributed by atoms with E-state index in [-0.39, 0.29) is 17.7 Å². The highest BCUT2D eigenvalue weighted by Gasteiger charge is 2.47. The van der Waals surface area contributed by atoms with Crippen LogP contribution in [0.25, 0.3) is 11.1 Å². The fourth-order valence-electron chi connectivity index (χ4n) is 4.72. The number of benzene rings is 1. The van der Waals surface area contributed by atoms with E-state index < -0.39 is 5.41 Å². The van der Waals surface area contributed by atoms with Gasteiger partial charge in [-0.2, -0.15) is 0 Å². The molecule has 1 saturated heterocycles. The Hall–Kier alpha value is -2.69. The van der Waals surface area contributed by atoms with Crippen LogP contribution in [-0.2, 0) is 16.0 Å². The molecule has 1 aromatic carbocycles. The lowest BCUT2D eigenvalue weighted by Gasteiger charge is -2.32. The fourth-order valence-corrected chi connectivity index (χ4v) is 4.72. The monoisotopic (exact) mass is 419 g/mol. The zero-order chi connectivity index (χ0) is 21.8. The van der Waals surface area contributed by atoms with Crippen molar-refractivity contribution in [3.05, 3.63) is 54.4 Å². The number of aromatic nitrogens is 1. The van der Waals surface area contributed by atoms with Gasteiger partial charge in [0.15, 0.2) is 0 Å². The van der Waals surface area contributed by atoms with E-state index in [2.05, 4.69) is 36.3 Å². The highest BCUT2D eigenvalue weighted by molar-refractivity contribution is 5.87. The maximum absolute atomic E-state index is 13.5. The van der Waals surface area contributed by atoms with Gasteiger partial charge in [0.2, 0.25) is 11.8 Å². The van der Waals surface area contributed by atoms with Gasteiger partial charge >= 0.3 is 0 Å². The molecule has 2 amide bonds. The van der Waals surface area contributed by atoms with Crippen LogP contribution in [0.5, 0.6) is 0 Å². The number of hydrogen-bond donors (Lipinski definition) is 1. The van der Waals surface area contributed by atoms with E-state index >= 15 is 0 Å². The van der Waals surface area contributed by atoms with Crippen molar-refractivity contribution in [2.75, 3.05) is 19.6 Å². The summed E-state index contributed by atoms with van der Waals surface area (Å²) >= 11 is 0. The Morgan fingerprint density at radius 3 is 2.58 bits per heavy atom. The Bertz CT molecular complexity index is 923. The molecule has 2 aliphatic rings. The van der Waals surface area contributed by atoms with Crippen molar-refractivity contribution >= 4 is 11.8 Å². The van der Waals surface area contributed by atoms with Gasteiger partial charge in [0.05, 0.1) is 5.41 Å². The van der Waals surface area contributed by atoms with Gasteiger partial charge in [-0.05, 0) is 60.4 Å². The Kier molecular flexibility index (Phi) is 6.40. The molecule has 1 aromatic heterocycles. The summed E-state index contributed by atoms with van der Waals surface area (Å²) in [6, 6.07) is 12.3. The molecule has 164 valence electrons. The molecule has 1 N–H and O–H groups in total. The van der Waals surface area contributed by atoms with Gasteiger partial charge in [-0.15, -0.1) is 0 Å². The molecule has 1 saturated carbocycles. The topological polar surface area (TPSA) is 62.3 Å². The maximum atomic E-state index is 13.5. The first-order valence-corrected chi connectivity index (χ1v) is 11.5. The average Bonchev–Trinajstić information content (AvgIpc) is 3.17. The second-order valence-electron chi connectivity index (χ2n) is 9.59. The van der Waals surface area contributed by atoms with Gasteiger partial charge < -0.3 is 10.2 Å². The number of likely N-dealkylation sites (tertiary alicyclic amines) is 1. The first-order chi connectivity index (χ1) is 15.0. The molecule has 5 heteroatoms. The van der Waals surface area contributed by atoms with Crippen molar-refractivity contribution in [2.24, 2.45) is 17.3 Å². The number of carbonyl (C=O) groups is 2. The average molecular weight is 420 g/mol. The van der Waals surface area contributed by atoms with E-state index in [0.29, 0.717) is 38.4 Å². The summed E-state index contributed by atoms with van der Waals surface area (Å²) in [7, 11) is 0. The van der Waals surface area contributed by atoms with E-state index in [1.54, 1.807) is 12.4 Å². The second kappa shape index (κ2) is 9.21. The molecular weight excluding hydrogens is 386 g/mol. The van der Waals surface area contributed by atoms with Gasteiger partial charge in [-0.3, -0.25) is 14.6 Å². The van der Waals surface area contributed by atoms with E-state index in [1.807, 2.05) is 29.2 Å². The predicted molar refractivity (Wildman–Crippen MR) is 122 cm³/mol. The van der Waals surface area contributed by atoms with Crippen LogP contribution in [-0.4, -0.2) is 41.3 Å². The molecule has 2 aromatic rings. The summed E-state index contributed by atoms with van der Waals surface area (Å²) in [4.78, 5) is 32.5. The van der Waals surface area contributed by atoms with Crippen LogP contribution in [0.4, 0.5) is 0 Å². The molecule has 2 heterocycles. The summed E-state index contributed by atoms with van der Waals surface area (Å²) in [5.41, 5.74) is 2.79. The van der Waals surface area contributed by atoms with Crippen molar-refractivity contribution in [1.29, 1.82) is 0 Å². The number of nitrogens with one attached hydrogen (secondary N) is 1. The normalized spacial score (nSPS) is 21.2. The largest absolute Gasteiger partial charge is 0.355 e. The number of pyridine rings is 1. The number of rotatable bonds is 7. The summed E-state index contributed by atoms with van der Waals surface area (Å²) in [5.74, 6) is 0.875. The molecule has 1 unspecified atom stereocenters. The van der Waals surface area contributed by atoms with Gasteiger partial charge in [0.25, 0.3) is 0 Å². The number of amides is 2. The lowest BCUT2D eigenvalue weighted by molar-refractivity contribution is -0.138. The van der Waals surface area contributed by atoms with Crippen molar-refractivity contribution in [3.63, 3.8) is 0 Å². The van der Waals surface area contributed by atoms with E-state index in [9.17, 15) is 9.59 Å². The zero-order valence-corrected chi connectivity index (χ0v) is 18.6. The third-order valence-corrected chi connectivity index (χ3v) is 6.81. The van der Waals surface area contributed by atoms with Crippen LogP contribution in [0, 0.1) is 17.3 Å². The van der Waals surface area contributed by atoms with Crippen LogP contribution in [0.1, 0.15) is 45.1 Å². The minimum atomic E-state index is -0.586.